The summed E-state index contributed by atoms with van der Waals surface area (Å²) in [5.74, 6) is 0.367. The second kappa shape index (κ2) is 11.8. The largest absolute Gasteiger partial charge is 0.462 e. The highest BCUT2D eigenvalue weighted by Crippen LogP contribution is 2.27. The zero-order valence-electron chi connectivity index (χ0n) is 21.8. The van der Waals surface area contributed by atoms with Crippen molar-refractivity contribution < 1.29 is 19.0 Å². The summed E-state index contributed by atoms with van der Waals surface area (Å²) in [5, 5.41) is 0. The van der Waals surface area contributed by atoms with Crippen molar-refractivity contribution in [1.82, 2.24) is 14.1 Å². The van der Waals surface area contributed by atoms with E-state index >= 15 is 0 Å². The van der Waals surface area contributed by atoms with Crippen molar-refractivity contribution in [3.05, 3.63) is 51.9 Å². The Labute approximate surface area is 212 Å². The molecule has 1 aliphatic carbocycles. The van der Waals surface area contributed by atoms with Crippen molar-refractivity contribution >= 4 is 17.0 Å². The Hall–Kier alpha value is -2.97. The highest BCUT2D eigenvalue weighted by molar-refractivity contribution is 5.81. The fraction of sp³-hybridized carbons (Fsp3) is 0.536. The van der Waals surface area contributed by atoms with E-state index in [4.69, 9.17) is 19.2 Å². The Kier molecular flexibility index (Phi) is 8.59. The van der Waals surface area contributed by atoms with Crippen LogP contribution >= 0.6 is 0 Å². The van der Waals surface area contributed by atoms with E-state index in [0.717, 1.165) is 60.1 Å². The van der Waals surface area contributed by atoms with Crippen LogP contribution in [0.15, 0.2) is 35.3 Å². The fourth-order valence-corrected chi connectivity index (χ4v) is 5.04. The minimum Gasteiger partial charge on any atom is -0.462 e. The Morgan fingerprint density at radius 1 is 1.17 bits per heavy atom. The Morgan fingerprint density at radius 3 is 2.64 bits per heavy atom. The molecule has 2 aromatic heterocycles. The normalized spacial score (nSPS) is 15.0. The van der Waals surface area contributed by atoms with Crippen LogP contribution in [-0.4, -0.2) is 53.6 Å². The van der Waals surface area contributed by atoms with Gasteiger partial charge in [-0.15, -0.1) is 0 Å². The van der Waals surface area contributed by atoms with Crippen LogP contribution in [0.3, 0.4) is 0 Å². The third-order valence-corrected chi connectivity index (χ3v) is 7.02. The summed E-state index contributed by atoms with van der Waals surface area (Å²) in [6, 6.07) is 8.14. The molecule has 0 spiro atoms. The summed E-state index contributed by atoms with van der Waals surface area (Å²) in [7, 11) is 5.06. The molecular weight excluding hydrogens is 458 g/mol. The van der Waals surface area contributed by atoms with Crippen LogP contribution in [0, 0.1) is 12.8 Å². The summed E-state index contributed by atoms with van der Waals surface area (Å²) in [6.45, 7) is 3.37. The molecule has 1 aromatic carbocycles. The van der Waals surface area contributed by atoms with Crippen LogP contribution in [0.4, 0.5) is 0 Å². The maximum absolute atomic E-state index is 12.8. The zero-order chi connectivity index (χ0) is 25.7. The number of nitrogens with zero attached hydrogens (tertiary/aromatic N) is 3. The molecule has 0 radical (unpaired) electrons. The number of aromatic nitrogens is 3. The van der Waals surface area contributed by atoms with Crippen molar-refractivity contribution in [1.29, 1.82) is 0 Å². The number of carbonyl (C=O) groups excluding carboxylic acids is 1. The third-order valence-electron chi connectivity index (χ3n) is 7.02. The van der Waals surface area contributed by atoms with Crippen LogP contribution in [0.1, 0.15) is 43.2 Å². The molecule has 0 unspecified atom stereocenters. The van der Waals surface area contributed by atoms with Gasteiger partial charge in [-0.05, 0) is 69.2 Å². The molecule has 1 fully saturated rings. The zero-order valence-corrected chi connectivity index (χ0v) is 21.8. The average molecular weight is 496 g/mol. The van der Waals surface area contributed by atoms with E-state index in [9.17, 15) is 9.59 Å². The fourth-order valence-electron chi connectivity index (χ4n) is 5.04. The van der Waals surface area contributed by atoms with E-state index < -0.39 is 0 Å². The second-order valence-electron chi connectivity index (χ2n) is 9.77. The second-order valence-corrected chi connectivity index (χ2v) is 9.77. The topological polar surface area (TPSA) is 84.6 Å². The first-order chi connectivity index (χ1) is 17.4. The van der Waals surface area contributed by atoms with Gasteiger partial charge in [-0.2, -0.15) is 0 Å². The van der Waals surface area contributed by atoms with E-state index in [0.29, 0.717) is 31.7 Å². The molecule has 2 heterocycles. The van der Waals surface area contributed by atoms with Crippen LogP contribution < -0.4 is 5.56 Å². The summed E-state index contributed by atoms with van der Waals surface area (Å²) >= 11 is 0. The van der Waals surface area contributed by atoms with Gasteiger partial charge in [0.25, 0.3) is 5.56 Å². The molecule has 1 aliphatic rings. The number of methoxy groups -OCH3 is 2. The van der Waals surface area contributed by atoms with Crippen LogP contribution in [0.25, 0.3) is 22.4 Å². The number of benzene rings is 1. The van der Waals surface area contributed by atoms with Gasteiger partial charge < -0.3 is 23.3 Å². The molecule has 8 heteroatoms. The Balaban J connectivity index is 1.57. The van der Waals surface area contributed by atoms with Gasteiger partial charge >= 0.3 is 5.97 Å². The van der Waals surface area contributed by atoms with Crippen molar-refractivity contribution in [3.63, 3.8) is 0 Å². The first-order valence-corrected chi connectivity index (χ1v) is 12.8. The molecule has 3 aromatic rings. The van der Waals surface area contributed by atoms with Gasteiger partial charge in [-0.1, -0.05) is 6.07 Å². The molecule has 0 aliphatic heterocycles. The van der Waals surface area contributed by atoms with Crippen molar-refractivity contribution in [3.8, 4) is 11.4 Å². The summed E-state index contributed by atoms with van der Waals surface area (Å²) in [4.78, 5) is 29.9. The minimum absolute atomic E-state index is 0.0161. The van der Waals surface area contributed by atoms with E-state index in [1.807, 2.05) is 19.2 Å². The lowest BCUT2D eigenvalue weighted by Crippen LogP contribution is -2.26. The molecule has 36 heavy (non-hydrogen) atoms. The molecule has 1 saturated carbocycles. The van der Waals surface area contributed by atoms with Gasteiger partial charge in [0.15, 0.2) is 0 Å². The molecule has 1 atom stereocenters. The van der Waals surface area contributed by atoms with Crippen molar-refractivity contribution in [2.75, 3.05) is 27.4 Å². The molecule has 0 bridgehead atoms. The quantitative estimate of drug-likeness (QED) is 0.373. The standard InChI is InChI=1S/C28H37N3O5/c1-19-15-22(17-30(2)27(19)32)26-29-24-16-20(10-12-25(24)31(26)13-14-34-3)9-11-21(18-35-4)28(33)36-23-7-5-6-8-23/h10,12,15-17,21,23H,5-9,11,13-14,18H2,1-4H3/t21-/m0/s1. The summed E-state index contributed by atoms with van der Waals surface area (Å²) in [6.07, 6.45) is 7.45. The van der Waals surface area contributed by atoms with Gasteiger partial charge in [0.1, 0.15) is 11.9 Å². The van der Waals surface area contributed by atoms with Crippen molar-refractivity contribution in [2.24, 2.45) is 13.0 Å². The SMILES string of the molecule is COCCn1c(-c2cc(C)c(=O)n(C)c2)nc2cc(CC[C@@H](COC)C(=O)OC3CCCC3)ccc21. The lowest BCUT2D eigenvalue weighted by molar-refractivity contribution is -0.155. The lowest BCUT2D eigenvalue weighted by atomic mass is 9.99. The lowest BCUT2D eigenvalue weighted by Gasteiger charge is -2.18. The molecule has 0 amide bonds. The molecular formula is C28H37N3O5. The van der Waals surface area contributed by atoms with Gasteiger partial charge in [-0.25, -0.2) is 4.98 Å². The minimum atomic E-state index is -0.283. The molecule has 4 rings (SSSR count). The van der Waals surface area contributed by atoms with Crippen LogP contribution in [0.2, 0.25) is 0 Å². The first kappa shape index (κ1) is 26.1. The molecule has 194 valence electrons. The molecule has 8 nitrogen and oxygen atoms in total. The van der Waals surface area contributed by atoms with Gasteiger partial charge in [0.2, 0.25) is 0 Å². The summed E-state index contributed by atoms with van der Waals surface area (Å²) in [5.41, 5.74) is 4.54. The van der Waals surface area contributed by atoms with E-state index in [2.05, 4.69) is 22.8 Å². The Bertz CT molecular complexity index is 1230. The number of imidazole rings is 1. The van der Waals surface area contributed by atoms with E-state index in [1.165, 1.54) is 0 Å². The number of rotatable bonds is 11. The van der Waals surface area contributed by atoms with Gasteiger partial charge in [0, 0.05) is 45.1 Å². The van der Waals surface area contributed by atoms with Gasteiger partial charge in [0.05, 0.1) is 30.2 Å². The number of ether oxygens (including phenoxy) is 3. The molecule has 0 saturated heterocycles. The van der Waals surface area contributed by atoms with E-state index in [1.54, 1.807) is 25.8 Å². The number of aryl methyl sites for hydroxylation is 3. The van der Waals surface area contributed by atoms with Crippen LogP contribution in [-0.2, 0) is 39.0 Å². The third kappa shape index (κ3) is 5.87. The number of carbonyl (C=O) groups is 1. The number of pyridine rings is 1. The molecule has 0 N–H and O–H groups in total. The predicted molar refractivity (Wildman–Crippen MR) is 139 cm³/mol. The number of fused-ring (bicyclic) bond motifs is 1. The smallest absolute Gasteiger partial charge is 0.311 e. The maximum Gasteiger partial charge on any atom is 0.311 e. The number of hydrogen-bond acceptors (Lipinski definition) is 6. The van der Waals surface area contributed by atoms with Gasteiger partial charge in [-0.3, -0.25) is 9.59 Å². The Morgan fingerprint density at radius 2 is 1.94 bits per heavy atom. The number of hydrogen-bond donors (Lipinski definition) is 0. The first-order valence-electron chi connectivity index (χ1n) is 12.8. The highest BCUT2D eigenvalue weighted by Gasteiger charge is 2.25. The predicted octanol–water partition coefficient (Wildman–Crippen LogP) is 4.04. The van der Waals surface area contributed by atoms with Crippen molar-refractivity contribution in [2.45, 2.75) is 58.1 Å². The van der Waals surface area contributed by atoms with Crippen LogP contribution in [0.5, 0.6) is 0 Å². The monoisotopic (exact) mass is 495 g/mol. The highest BCUT2D eigenvalue weighted by atomic mass is 16.5. The maximum atomic E-state index is 12.8. The average Bonchev–Trinajstić information content (AvgIpc) is 3.50. The summed E-state index contributed by atoms with van der Waals surface area (Å²) < 4.78 is 20.1. The number of esters is 1. The van der Waals surface area contributed by atoms with E-state index in [-0.39, 0.29) is 23.6 Å².